The van der Waals surface area contributed by atoms with Crippen molar-refractivity contribution in [1.29, 1.82) is 0 Å². The molecule has 8 heteroatoms. The fraction of sp³-hybridized carbons (Fsp3) is 0.182. The van der Waals surface area contributed by atoms with E-state index in [0.717, 1.165) is 11.8 Å². The number of nitrogens with zero attached hydrogens (tertiary/aromatic N) is 2. The molecule has 0 spiro atoms. The third kappa shape index (κ3) is 3.58. The number of sulfone groups is 1. The Labute approximate surface area is 113 Å². The van der Waals surface area contributed by atoms with Crippen LogP contribution in [0.4, 0.5) is 5.69 Å². The van der Waals surface area contributed by atoms with Crippen LogP contribution in [0, 0.1) is 10.1 Å². The first kappa shape index (κ1) is 13.6. The quantitative estimate of drug-likeness (QED) is 0.638. The van der Waals surface area contributed by atoms with E-state index < -0.39 is 14.8 Å². The zero-order valence-electron chi connectivity index (χ0n) is 9.94. The van der Waals surface area contributed by atoms with Gasteiger partial charge in [-0.25, -0.2) is 13.4 Å². The number of hydrogen-bond donors (Lipinski definition) is 0. The topological polar surface area (TPSA) is 90.2 Å². The lowest BCUT2D eigenvalue weighted by Crippen LogP contribution is -1.99. The second-order valence-electron chi connectivity index (χ2n) is 4.00. The van der Waals surface area contributed by atoms with Crippen LogP contribution in [-0.2, 0) is 15.6 Å². The molecule has 0 radical (unpaired) electrons. The van der Waals surface area contributed by atoms with Crippen molar-refractivity contribution in [2.45, 2.75) is 5.75 Å². The van der Waals surface area contributed by atoms with Gasteiger partial charge in [0.2, 0.25) is 0 Å². The molecule has 2 rings (SSSR count). The third-order valence-corrected chi connectivity index (χ3v) is 4.14. The van der Waals surface area contributed by atoms with E-state index >= 15 is 0 Å². The molecule has 0 fully saturated rings. The van der Waals surface area contributed by atoms with Gasteiger partial charge in [0.1, 0.15) is 10.8 Å². The molecule has 6 nitrogen and oxygen atoms in total. The highest BCUT2D eigenvalue weighted by molar-refractivity contribution is 7.90. The summed E-state index contributed by atoms with van der Waals surface area (Å²) in [6, 6.07) is 5.98. The Hall–Kier alpha value is -1.80. The number of benzene rings is 1. The maximum Gasteiger partial charge on any atom is 0.269 e. The zero-order valence-corrected chi connectivity index (χ0v) is 11.6. The third-order valence-electron chi connectivity index (χ3n) is 2.31. The molecule has 1 aromatic heterocycles. The zero-order chi connectivity index (χ0) is 14.0. The summed E-state index contributed by atoms with van der Waals surface area (Å²) in [6.07, 6.45) is 1.15. The molecule has 0 amide bonds. The molecule has 0 bridgehead atoms. The number of thiazole rings is 1. The molecule has 2 aromatic rings. The molecule has 100 valence electrons. The van der Waals surface area contributed by atoms with Gasteiger partial charge in [-0.1, -0.05) is 0 Å². The number of rotatable bonds is 4. The van der Waals surface area contributed by atoms with Crippen LogP contribution < -0.4 is 0 Å². The van der Waals surface area contributed by atoms with Gasteiger partial charge in [-0.2, -0.15) is 0 Å². The molecule has 0 N–H and O–H groups in total. The van der Waals surface area contributed by atoms with Crippen molar-refractivity contribution in [2.24, 2.45) is 0 Å². The Morgan fingerprint density at radius 1 is 1.32 bits per heavy atom. The molecule has 1 heterocycles. The van der Waals surface area contributed by atoms with Crippen LogP contribution >= 0.6 is 11.3 Å². The van der Waals surface area contributed by atoms with E-state index in [0.29, 0.717) is 10.7 Å². The highest BCUT2D eigenvalue weighted by Gasteiger charge is 2.11. The summed E-state index contributed by atoms with van der Waals surface area (Å²) in [5, 5.41) is 12.8. The van der Waals surface area contributed by atoms with Crippen LogP contribution in [0.2, 0.25) is 0 Å². The number of hydrogen-bond acceptors (Lipinski definition) is 6. The fourth-order valence-corrected chi connectivity index (χ4v) is 3.50. The number of non-ortho nitro benzene ring substituents is 1. The molecular formula is C11H10N2O4S2. The first-order valence-electron chi connectivity index (χ1n) is 5.22. The smallest absolute Gasteiger partial charge is 0.258 e. The second kappa shape index (κ2) is 5.06. The van der Waals surface area contributed by atoms with Gasteiger partial charge in [-0.05, 0) is 12.1 Å². The first-order valence-corrected chi connectivity index (χ1v) is 8.16. The molecule has 0 aliphatic carbocycles. The highest BCUT2D eigenvalue weighted by Crippen LogP contribution is 2.24. The minimum absolute atomic E-state index is 0.00957. The summed E-state index contributed by atoms with van der Waals surface area (Å²) < 4.78 is 22.3. The van der Waals surface area contributed by atoms with Crippen molar-refractivity contribution >= 4 is 26.9 Å². The number of nitro groups is 1. The largest absolute Gasteiger partial charge is 0.269 e. The van der Waals surface area contributed by atoms with E-state index in [9.17, 15) is 18.5 Å². The fourth-order valence-electron chi connectivity index (χ4n) is 1.49. The number of aromatic nitrogens is 1. The van der Waals surface area contributed by atoms with Crippen LogP contribution in [0.15, 0.2) is 29.6 Å². The monoisotopic (exact) mass is 298 g/mol. The van der Waals surface area contributed by atoms with Crippen molar-refractivity contribution in [3.63, 3.8) is 0 Å². The lowest BCUT2D eigenvalue weighted by Gasteiger charge is -1.96. The Morgan fingerprint density at radius 3 is 2.47 bits per heavy atom. The predicted octanol–water partition coefficient (Wildman–Crippen LogP) is 2.26. The van der Waals surface area contributed by atoms with Crippen molar-refractivity contribution < 1.29 is 13.3 Å². The van der Waals surface area contributed by atoms with Crippen LogP contribution in [-0.4, -0.2) is 24.6 Å². The Morgan fingerprint density at radius 2 is 1.95 bits per heavy atom. The average molecular weight is 298 g/mol. The van der Waals surface area contributed by atoms with Crippen LogP contribution in [0.25, 0.3) is 11.3 Å². The molecule has 0 aliphatic heterocycles. The van der Waals surface area contributed by atoms with Gasteiger partial charge in [0.05, 0.1) is 10.6 Å². The van der Waals surface area contributed by atoms with Gasteiger partial charge in [-0.15, -0.1) is 11.3 Å². The van der Waals surface area contributed by atoms with Gasteiger partial charge in [0, 0.05) is 29.3 Å². The number of nitro benzene ring substituents is 1. The summed E-state index contributed by atoms with van der Waals surface area (Å²) in [5.41, 5.74) is 1.36. The summed E-state index contributed by atoms with van der Waals surface area (Å²) in [6.45, 7) is 0. The van der Waals surface area contributed by atoms with Crippen molar-refractivity contribution in [2.75, 3.05) is 6.26 Å². The normalized spacial score (nSPS) is 11.4. The van der Waals surface area contributed by atoms with Crippen molar-refractivity contribution in [3.8, 4) is 11.3 Å². The Balaban J connectivity index is 2.25. The summed E-state index contributed by atoms with van der Waals surface area (Å²) in [7, 11) is -3.11. The summed E-state index contributed by atoms with van der Waals surface area (Å²) in [5.74, 6) is -0.0926. The molecule has 1 aromatic carbocycles. The van der Waals surface area contributed by atoms with E-state index in [2.05, 4.69) is 4.98 Å². The molecular weight excluding hydrogens is 288 g/mol. The second-order valence-corrected chi connectivity index (χ2v) is 7.08. The van der Waals surface area contributed by atoms with Gasteiger partial charge in [0.15, 0.2) is 9.84 Å². The predicted molar refractivity (Wildman–Crippen MR) is 72.8 cm³/mol. The van der Waals surface area contributed by atoms with Crippen LogP contribution in [0.5, 0.6) is 0 Å². The van der Waals surface area contributed by atoms with E-state index in [4.69, 9.17) is 0 Å². The van der Waals surface area contributed by atoms with Crippen LogP contribution in [0.3, 0.4) is 0 Å². The maximum atomic E-state index is 11.2. The molecule has 0 saturated heterocycles. The minimum atomic E-state index is -3.11. The Bertz CT molecular complexity index is 705. The Kier molecular flexibility index (Phi) is 3.63. The molecule has 0 saturated carbocycles. The van der Waals surface area contributed by atoms with E-state index in [1.807, 2.05) is 0 Å². The SMILES string of the molecule is CS(=O)(=O)Cc1nc(-c2ccc([N+](=O)[O-])cc2)cs1. The lowest BCUT2D eigenvalue weighted by atomic mass is 10.1. The standard InChI is InChI=1S/C11H10N2O4S2/c1-19(16,17)7-11-12-10(6-18-11)8-2-4-9(5-3-8)13(14)15/h2-6H,7H2,1H3. The van der Waals surface area contributed by atoms with Gasteiger partial charge in [-0.3, -0.25) is 10.1 Å². The van der Waals surface area contributed by atoms with E-state index in [1.54, 1.807) is 17.5 Å². The van der Waals surface area contributed by atoms with Crippen LogP contribution in [0.1, 0.15) is 5.01 Å². The van der Waals surface area contributed by atoms with E-state index in [1.165, 1.54) is 23.5 Å². The lowest BCUT2D eigenvalue weighted by molar-refractivity contribution is -0.384. The van der Waals surface area contributed by atoms with Crippen molar-refractivity contribution in [3.05, 3.63) is 44.8 Å². The molecule has 0 aliphatic rings. The molecule has 19 heavy (non-hydrogen) atoms. The summed E-state index contributed by atoms with van der Waals surface area (Å²) >= 11 is 1.26. The first-order chi connectivity index (χ1) is 8.85. The van der Waals surface area contributed by atoms with Gasteiger partial charge in [0.25, 0.3) is 5.69 Å². The van der Waals surface area contributed by atoms with Crippen molar-refractivity contribution in [1.82, 2.24) is 4.98 Å². The van der Waals surface area contributed by atoms with Gasteiger partial charge < -0.3 is 0 Å². The summed E-state index contributed by atoms with van der Waals surface area (Å²) in [4.78, 5) is 14.3. The minimum Gasteiger partial charge on any atom is -0.258 e. The molecule has 0 atom stereocenters. The maximum absolute atomic E-state index is 11.2. The van der Waals surface area contributed by atoms with E-state index in [-0.39, 0.29) is 11.4 Å². The average Bonchev–Trinajstić information content (AvgIpc) is 2.75. The van der Waals surface area contributed by atoms with Gasteiger partial charge >= 0.3 is 0 Å². The highest BCUT2D eigenvalue weighted by atomic mass is 32.2. The molecule has 0 unspecified atom stereocenters.